The predicted molar refractivity (Wildman–Crippen MR) is 105 cm³/mol. The Morgan fingerprint density at radius 2 is 1.74 bits per heavy atom. The number of nitrogens with zero attached hydrogens (tertiary/aromatic N) is 4. The summed E-state index contributed by atoms with van der Waals surface area (Å²) in [6, 6.07) is 18.2. The average molecular weight is 363 g/mol. The Morgan fingerprint density at radius 1 is 1.04 bits per heavy atom. The molecule has 6 nitrogen and oxygen atoms in total. The lowest BCUT2D eigenvalue weighted by Crippen LogP contribution is -2.41. The van der Waals surface area contributed by atoms with Crippen molar-refractivity contribution in [3.8, 4) is 0 Å². The van der Waals surface area contributed by atoms with Crippen LogP contribution in [0.5, 0.6) is 0 Å². The zero-order valence-electron chi connectivity index (χ0n) is 15.4. The number of aromatic nitrogens is 3. The van der Waals surface area contributed by atoms with Crippen molar-refractivity contribution >= 4 is 16.9 Å². The largest absolute Gasteiger partial charge is 0.354 e. The van der Waals surface area contributed by atoms with Gasteiger partial charge in [0.2, 0.25) is 5.91 Å². The number of rotatable bonds is 6. The number of amides is 1. The molecule has 0 spiro atoms. The van der Waals surface area contributed by atoms with Crippen LogP contribution in [0.4, 0.5) is 0 Å². The van der Waals surface area contributed by atoms with E-state index in [1.807, 2.05) is 24.3 Å². The summed E-state index contributed by atoms with van der Waals surface area (Å²) in [5.41, 5.74) is 2.97. The monoisotopic (exact) mass is 363 g/mol. The van der Waals surface area contributed by atoms with Gasteiger partial charge in [-0.2, -0.15) is 15.0 Å². The highest BCUT2D eigenvalue weighted by molar-refractivity contribution is 5.77. The molecule has 1 aliphatic heterocycles. The van der Waals surface area contributed by atoms with Gasteiger partial charge >= 0.3 is 0 Å². The van der Waals surface area contributed by atoms with Gasteiger partial charge in [0.25, 0.3) is 0 Å². The highest BCUT2D eigenvalue weighted by Crippen LogP contribution is 2.18. The molecule has 2 aromatic carbocycles. The predicted octanol–water partition coefficient (Wildman–Crippen LogP) is 2.46. The third kappa shape index (κ3) is 4.71. The second-order valence-electron chi connectivity index (χ2n) is 7.25. The van der Waals surface area contributed by atoms with Gasteiger partial charge in [0, 0.05) is 19.6 Å². The smallest absolute Gasteiger partial charge is 0.243 e. The van der Waals surface area contributed by atoms with Gasteiger partial charge in [-0.1, -0.05) is 42.5 Å². The van der Waals surface area contributed by atoms with Crippen LogP contribution in [0.2, 0.25) is 0 Å². The Morgan fingerprint density at radius 3 is 2.48 bits per heavy atom. The molecule has 140 valence electrons. The first-order valence-electron chi connectivity index (χ1n) is 9.59. The van der Waals surface area contributed by atoms with Crippen LogP contribution in [0, 0.1) is 5.92 Å². The molecular weight excluding hydrogens is 338 g/mol. The molecule has 1 saturated heterocycles. The van der Waals surface area contributed by atoms with Crippen molar-refractivity contribution in [1.29, 1.82) is 0 Å². The summed E-state index contributed by atoms with van der Waals surface area (Å²) in [5.74, 6) is 0.464. The quantitative estimate of drug-likeness (QED) is 0.731. The fourth-order valence-corrected chi connectivity index (χ4v) is 3.72. The van der Waals surface area contributed by atoms with Crippen LogP contribution in [0.15, 0.2) is 54.6 Å². The number of carbonyl (C=O) groups excluding carboxylic acids is 1. The number of likely N-dealkylation sites (tertiary alicyclic amines) is 1. The number of hydrogen-bond donors (Lipinski definition) is 1. The molecule has 6 heteroatoms. The zero-order chi connectivity index (χ0) is 18.5. The first-order chi connectivity index (χ1) is 13.3. The van der Waals surface area contributed by atoms with Gasteiger partial charge in [-0.25, -0.2) is 0 Å². The van der Waals surface area contributed by atoms with Crippen molar-refractivity contribution in [1.82, 2.24) is 25.2 Å². The van der Waals surface area contributed by atoms with Gasteiger partial charge < -0.3 is 5.32 Å². The lowest BCUT2D eigenvalue weighted by Gasteiger charge is -2.32. The molecule has 1 atom stereocenters. The normalized spacial score (nSPS) is 17.9. The lowest BCUT2D eigenvalue weighted by atomic mass is 9.97. The van der Waals surface area contributed by atoms with Crippen molar-refractivity contribution in [2.24, 2.45) is 5.92 Å². The maximum atomic E-state index is 12.3. The second-order valence-corrected chi connectivity index (χ2v) is 7.25. The molecule has 1 amide bonds. The van der Waals surface area contributed by atoms with Gasteiger partial charge in [0.1, 0.15) is 17.6 Å². The average Bonchev–Trinajstić information content (AvgIpc) is 3.10. The van der Waals surface area contributed by atoms with Gasteiger partial charge in [-0.15, -0.1) is 0 Å². The van der Waals surface area contributed by atoms with E-state index in [2.05, 4.69) is 50.7 Å². The Balaban J connectivity index is 1.25. The Bertz CT molecular complexity index is 859. The summed E-state index contributed by atoms with van der Waals surface area (Å²) < 4.78 is 0. The van der Waals surface area contributed by atoms with Gasteiger partial charge in [-0.3, -0.25) is 9.69 Å². The molecular formula is C21H25N5O. The van der Waals surface area contributed by atoms with Crippen LogP contribution in [0.3, 0.4) is 0 Å². The molecule has 0 saturated carbocycles. The standard InChI is InChI=1S/C21H25N5O/c27-21(16-26-23-19-10-4-5-11-20(19)24-26)22-13-18-9-6-12-25(15-18)14-17-7-2-1-3-8-17/h1-5,7-8,10-11,18H,6,9,12-16H2,(H,22,27). The van der Waals surface area contributed by atoms with Crippen LogP contribution in [0.1, 0.15) is 18.4 Å². The van der Waals surface area contributed by atoms with Crippen LogP contribution < -0.4 is 5.32 Å². The number of fused-ring (bicyclic) bond motifs is 1. The number of nitrogens with one attached hydrogen (secondary N) is 1. The van der Waals surface area contributed by atoms with Gasteiger partial charge in [-0.05, 0) is 43.0 Å². The fraction of sp³-hybridized carbons (Fsp3) is 0.381. The van der Waals surface area contributed by atoms with E-state index in [1.165, 1.54) is 16.8 Å². The molecule has 0 aliphatic carbocycles. The van der Waals surface area contributed by atoms with Crippen LogP contribution in [-0.2, 0) is 17.9 Å². The van der Waals surface area contributed by atoms with E-state index >= 15 is 0 Å². The molecule has 0 radical (unpaired) electrons. The van der Waals surface area contributed by atoms with Crippen LogP contribution in [0.25, 0.3) is 11.0 Å². The summed E-state index contributed by atoms with van der Waals surface area (Å²) in [4.78, 5) is 16.2. The van der Waals surface area contributed by atoms with E-state index in [0.29, 0.717) is 12.5 Å². The molecule has 1 aliphatic rings. The molecule has 1 unspecified atom stereocenters. The molecule has 4 rings (SSSR count). The van der Waals surface area contributed by atoms with Crippen molar-refractivity contribution in [3.63, 3.8) is 0 Å². The Kier molecular flexibility index (Phi) is 5.44. The molecule has 27 heavy (non-hydrogen) atoms. The zero-order valence-corrected chi connectivity index (χ0v) is 15.4. The Labute approximate surface area is 159 Å². The maximum Gasteiger partial charge on any atom is 0.243 e. The molecule has 3 aromatic rings. The first kappa shape index (κ1) is 17.7. The molecule has 0 bridgehead atoms. The van der Waals surface area contributed by atoms with Crippen molar-refractivity contribution < 1.29 is 4.79 Å². The van der Waals surface area contributed by atoms with Crippen molar-refractivity contribution in [2.45, 2.75) is 25.9 Å². The third-order valence-electron chi connectivity index (χ3n) is 5.05. The number of piperidine rings is 1. The number of hydrogen-bond acceptors (Lipinski definition) is 4. The molecule has 2 heterocycles. The summed E-state index contributed by atoms with van der Waals surface area (Å²) in [7, 11) is 0. The van der Waals surface area contributed by atoms with E-state index in [-0.39, 0.29) is 12.5 Å². The van der Waals surface area contributed by atoms with E-state index in [4.69, 9.17) is 0 Å². The molecule has 1 fully saturated rings. The Hall–Kier alpha value is -2.73. The summed E-state index contributed by atoms with van der Waals surface area (Å²) in [6.45, 7) is 4.01. The van der Waals surface area contributed by atoms with Crippen LogP contribution in [-0.4, -0.2) is 45.4 Å². The topological polar surface area (TPSA) is 63.1 Å². The molecule has 1 N–H and O–H groups in total. The number of benzene rings is 2. The summed E-state index contributed by atoms with van der Waals surface area (Å²) in [6.07, 6.45) is 2.34. The number of carbonyl (C=O) groups is 1. The highest BCUT2D eigenvalue weighted by atomic mass is 16.2. The summed E-state index contributed by atoms with van der Waals surface area (Å²) in [5, 5.41) is 11.7. The lowest BCUT2D eigenvalue weighted by molar-refractivity contribution is -0.122. The van der Waals surface area contributed by atoms with E-state index in [1.54, 1.807) is 0 Å². The second kappa shape index (κ2) is 8.31. The first-order valence-corrected chi connectivity index (χ1v) is 9.59. The van der Waals surface area contributed by atoms with E-state index in [9.17, 15) is 4.79 Å². The summed E-state index contributed by atoms with van der Waals surface area (Å²) >= 11 is 0. The minimum Gasteiger partial charge on any atom is -0.354 e. The van der Waals surface area contributed by atoms with Crippen molar-refractivity contribution in [3.05, 3.63) is 60.2 Å². The van der Waals surface area contributed by atoms with Crippen molar-refractivity contribution in [2.75, 3.05) is 19.6 Å². The highest BCUT2D eigenvalue weighted by Gasteiger charge is 2.20. The van der Waals surface area contributed by atoms with E-state index < -0.39 is 0 Å². The minimum absolute atomic E-state index is 0.0320. The third-order valence-corrected chi connectivity index (χ3v) is 5.05. The minimum atomic E-state index is -0.0320. The molecule has 1 aromatic heterocycles. The fourth-order valence-electron chi connectivity index (χ4n) is 3.72. The van der Waals surface area contributed by atoms with E-state index in [0.717, 1.165) is 37.1 Å². The maximum absolute atomic E-state index is 12.3. The van der Waals surface area contributed by atoms with Gasteiger partial charge in [0.15, 0.2) is 0 Å². The van der Waals surface area contributed by atoms with Gasteiger partial charge in [0.05, 0.1) is 0 Å². The SMILES string of the molecule is O=C(Cn1nc2ccccc2n1)NCC1CCCN(Cc2ccccc2)C1. The van der Waals surface area contributed by atoms with Crippen LogP contribution >= 0.6 is 0 Å².